The maximum Gasteiger partial charge on any atom is 0.219 e. The van der Waals surface area contributed by atoms with Crippen LogP contribution < -0.4 is 15.5 Å². The van der Waals surface area contributed by atoms with Gasteiger partial charge in [0.05, 0.1) is 11.5 Å². The highest BCUT2D eigenvalue weighted by molar-refractivity contribution is 7.14. The zero-order chi connectivity index (χ0) is 19.8. The number of hydrogen-bond donors (Lipinski definition) is 2. The first-order valence-electron chi connectivity index (χ1n) is 10.5. The summed E-state index contributed by atoms with van der Waals surface area (Å²) < 4.78 is 0. The number of nitrogens with zero attached hydrogens (tertiary/aromatic N) is 4. The van der Waals surface area contributed by atoms with E-state index in [-0.39, 0.29) is 5.91 Å². The number of anilines is 1. The number of hydrogen-bond acceptors (Lipinski definition) is 5. The molecule has 2 aliphatic heterocycles. The van der Waals surface area contributed by atoms with Crippen LogP contribution in [0.4, 0.5) is 5.00 Å². The molecule has 3 heterocycles. The predicted molar refractivity (Wildman–Crippen MR) is 117 cm³/mol. The van der Waals surface area contributed by atoms with Gasteiger partial charge in [0.2, 0.25) is 5.91 Å². The summed E-state index contributed by atoms with van der Waals surface area (Å²) in [6, 6.07) is 4.81. The third-order valence-electron chi connectivity index (χ3n) is 5.50. The van der Waals surface area contributed by atoms with Gasteiger partial charge < -0.3 is 20.4 Å². The van der Waals surface area contributed by atoms with Crippen LogP contribution in [0.3, 0.4) is 0 Å². The third kappa shape index (κ3) is 6.10. The van der Waals surface area contributed by atoms with E-state index in [0.717, 1.165) is 77.7 Å². The first-order valence-corrected chi connectivity index (χ1v) is 11.3. The smallest absolute Gasteiger partial charge is 0.219 e. The fraction of sp³-hybridized carbons (Fsp3) is 0.700. The molecule has 0 saturated carbocycles. The molecule has 1 aromatic heterocycles. The van der Waals surface area contributed by atoms with Gasteiger partial charge in [-0.2, -0.15) is 0 Å². The van der Waals surface area contributed by atoms with Gasteiger partial charge in [-0.05, 0) is 37.3 Å². The third-order valence-corrected chi connectivity index (χ3v) is 6.43. The van der Waals surface area contributed by atoms with Crippen LogP contribution in [0.5, 0.6) is 0 Å². The van der Waals surface area contributed by atoms with Crippen molar-refractivity contribution in [2.24, 2.45) is 4.99 Å². The Morgan fingerprint density at radius 2 is 1.96 bits per heavy atom. The number of piperidine rings is 1. The zero-order valence-electron chi connectivity index (χ0n) is 17.2. The van der Waals surface area contributed by atoms with Crippen molar-refractivity contribution in [2.75, 3.05) is 63.8 Å². The molecule has 2 saturated heterocycles. The molecule has 8 heteroatoms. The molecule has 0 unspecified atom stereocenters. The van der Waals surface area contributed by atoms with Crippen LogP contribution in [0, 0.1) is 0 Å². The Morgan fingerprint density at radius 1 is 1.21 bits per heavy atom. The Hall–Kier alpha value is -1.80. The van der Waals surface area contributed by atoms with E-state index in [1.807, 2.05) is 16.2 Å². The van der Waals surface area contributed by atoms with Gasteiger partial charge in [0.25, 0.3) is 0 Å². The van der Waals surface area contributed by atoms with Gasteiger partial charge in [0.1, 0.15) is 0 Å². The lowest BCUT2D eigenvalue weighted by Gasteiger charge is -2.34. The maximum absolute atomic E-state index is 11.4. The SMILES string of the molecule is CCNC(=NCCN1CCN(C(C)=O)CC1)NC1CCN(c2cccs2)CC1. The van der Waals surface area contributed by atoms with Gasteiger partial charge in [-0.25, -0.2) is 0 Å². The molecule has 0 aromatic carbocycles. The van der Waals surface area contributed by atoms with Crippen LogP contribution in [0.1, 0.15) is 26.7 Å². The fourth-order valence-corrected chi connectivity index (χ4v) is 4.58. The van der Waals surface area contributed by atoms with Crippen molar-refractivity contribution in [1.29, 1.82) is 0 Å². The second-order valence-electron chi connectivity index (χ2n) is 7.47. The summed E-state index contributed by atoms with van der Waals surface area (Å²) in [4.78, 5) is 23.0. The lowest BCUT2D eigenvalue weighted by Crippen LogP contribution is -2.49. The first kappa shape index (κ1) is 20.9. The van der Waals surface area contributed by atoms with E-state index in [0.29, 0.717) is 6.04 Å². The monoisotopic (exact) mass is 406 g/mol. The van der Waals surface area contributed by atoms with Gasteiger partial charge in [0, 0.05) is 65.3 Å². The van der Waals surface area contributed by atoms with Crippen molar-refractivity contribution < 1.29 is 4.79 Å². The number of carbonyl (C=O) groups is 1. The number of carbonyl (C=O) groups excluding carboxylic acids is 1. The van der Waals surface area contributed by atoms with Gasteiger partial charge in [0.15, 0.2) is 5.96 Å². The molecular formula is C20H34N6OS. The molecule has 2 aliphatic rings. The van der Waals surface area contributed by atoms with E-state index in [4.69, 9.17) is 4.99 Å². The van der Waals surface area contributed by atoms with E-state index in [9.17, 15) is 4.79 Å². The number of nitrogens with one attached hydrogen (secondary N) is 2. The average Bonchev–Trinajstić information content (AvgIpc) is 3.24. The summed E-state index contributed by atoms with van der Waals surface area (Å²) in [7, 11) is 0. The summed E-state index contributed by atoms with van der Waals surface area (Å²) in [5.74, 6) is 1.11. The van der Waals surface area contributed by atoms with E-state index >= 15 is 0 Å². The second kappa shape index (κ2) is 10.7. The minimum atomic E-state index is 0.182. The molecule has 2 fully saturated rings. The minimum Gasteiger partial charge on any atom is -0.363 e. The predicted octanol–water partition coefficient (Wildman–Crippen LogP) is 1.44. The van der Waals surface area contributed by atoms with E-state index in [2.05, 4.69) is 44.9 Å². The molecule has 156 valence electrons. The molecule has 0 atom stereocenters. The Bertz CT molecular complexity index is 619. The van der Waals surface area contributed by atoms with Crippen molar-refractivity contribution in [1.82, 2.24) is 20.4 Å². The van der Waals surface area contributed by atoms with Crippen LogP contribution >= 0.6 is 11.3 Å². The standard InChI is InChI=1S/C20H34N6OS/c1-3-21-20(22-8-11-24-12-14-25(15-13-24)17(2)27)23-18-6-9-26(10-7-18)19-5-4-16-28-19/h4-5,16,18H,3,6-15H2,1-2H3,(H2,21,22,23). The summed E-state index contributed by atoms with van der Waals surface area (Å²) in [6.07, 6.45) is 2.27. The van der Waals surface area contributed by atoms with Crippen LogP contribution in [0.2, 0.25) is 0 Å². The normalized spacial score (nSPS) is 19.7. The van der Waals surface area contributed by atoms with Crippen molar-refractivity contribution in [3.8, 4) is 0 Å². The lowest BCUT2D eigenvalue weighted by atomic mass is 10.1. The molecule has 28 heavy (non-hydrogen) atoms. The van der Waals surface area contributed by atoms with Crippen molar-refractivity contribution >= 4 is 28.2 Å². The number of aliphatic imine (C=N–C) groups is 1. The molecule has 0 aliphatic carbocycles. The Kier molecular flexibility index (Phi) is 7.97. The number of rotatable bonds is 6. The Morgan fingerprint density at radius 3 is 2.57 bits per heavy atom. The highest BCUT2D eigenvalue weighted by atomic mass is 32.1. The van der Waals surface area contributed by atoms with Gasteiger partial charge >= 0.3 is 0 Å². The van der Waals surface area contributed by atoms with E-state index in [1.165, 1.54) is 5.00 Å². The van der Waals surface area contributed by atoms with Crippen molar-refractivity contribution in [2.45, 2.75) is 32.7 Å². The highest BCUT2D eigenvalue weighted by Gasteiger charge is 2.21. The molecule has 0 bridgehead atoms. The topological polar surface area (TPSA) is 63.2 Å². The number of amides is 1. The molecule has 1 amide bonds. The molecule has 0 spiro atoms. The van der Waals surface area contributed by atoms with Gasteiger partial charge in [-0.15, -0.1) is 11.3 Å². The largest absolute Gasteiger partial charge is 0.363 e. The average molecular weight is 407 g/mol. The minimum absolute atomic E-state index is 0.182. The summed E-state index contributed by atoms with van der Waals surface area (Å²) >= 11 is 1.82. The summed E-state index contributed by atoms with van der Waals surface area (Å²) in [5, 5.41) is 10.5. The fourth-order valence-electron chi connectivity index (χ4n) is 3.80. The lowest BCUT2D eigenvalue weighted by molar-refractivity contribution is -0.130. The van der Waals surface area contributed by atoms with Crippen LogP contribution in [0.15, 0.2) is 22.5 Å². The van der Waals surface area contributed by atoms with Crippen molar-refractivity contribution in [3.63, 3.8) is 0 Å². The molecule has 0 radical (unpaired) electrons. The second-order valence-corrected chi connectivity index (χ2v) is 8.39. The first-order chi connectivity index (χ1) is 13.7. The molecule has 3 rings (SSSR count). The zero-order valence-corrected chi connectivity index (χ0v) is 18.0. The van der Waals surface area contributed by atoms with Gasteiger partial charge in [-0.1, -0.05) is 0 Å². The maximum atomic E-state index is 11.4. The Balaban J connectivity index is 1.40. The van der Waals surface area contributed by atoms with Gasteiger partial charge in [-0.3, -0.25) is 14.7 Å². The molecule has 7 nitrogen and oxygen atoms in total. The Labute approximate surface area is 172 Å². The summed E-state index contributed by atoms with van der Waals surface area (Å²) in [6.45, 7) is 12.1. The quantitative estimate of drug-likeness (QED) is 0.553. The van der Waals surface area contributed by atoms with Crippen LogP contribution in [0.25, 0.3) is 0 Å². The summed E-state index contributed by atoms with van der Waals surface area (Å²) in [5.41, 5.74) is 0. The van der Waals surface area contributed by atoms with Crippen LogP contribution in [-0.2, 0) is 4.79 Å². The highest BCUT2D eigenvalue weighted by Crippen LogP contribution is 2.24. The van der Waals surface area contributed by atoms with Crippen molar-refractivity contribution in [3.05, 3.63) is 17.5 Å². The van der Waals surface area contributed by atoms with E-state index < -0.39 is 0 Å². The number of piperazine rings is 1. The molecule has 1 aromatic rings. The number of thiophene rings is 1. The number of guanidine groups is 1. The molecule has 2 N–H and O–H groups in total. The molecular weight excluding hydrogens is 372 g/mol. The van der Waals surface area contributed by atoms with E-state index in [1.54, 1.807) is 6.92 Å². The van der Waals surface area contributed by atoms with Crippen LogP contribution in [-0.4, -0.2) is 86.6 Å².